The first kappa shape index (κ1) is 14.1. The molecule has 1 aromatic carbocycles. The number of hydrogen-bond acceptors (Lipinski definition) is 0. The Kier molecular flexibility index (Phi) is 4.05. The van der Waals surface area contributed by atoms with Crippen molar-refractivity contribution in [3.05, 3.63) is 96.7 Å². The van der Waals surface area contributed by atoms with Gasteiger partial charge in [0.1, 0.15) is 0 Å². The summed E-state index contributed by atoms with van der Waals surface area (Å²) in [5.74, 6) is 0. The Morgan fingerprint density at radius 1 is 1.15 bits per heavy atom. The van der Waals surface area contributed by atoms with Crippen LogP contribution in [0.15, 0.2) is 80.0 Å². The standard InChI is InChI=1S/C20H20/c1-6-9-19(14(4)5)17-11-10-16-12-15(7-2)18(8-3)20(16)13-17/h6-11,13H,1-4,12H2,5H3/b19-9+. The summed E-state index contributed by atoms with van der Waals surface area (Å²) in [4.78, 5) is 0. The van der Waals surface area contributed by atoms with Gasteiger partial charge in [-0.1, -0.05) is 68.3 Å². The fourth-order valence-electron chi connectivity index (χ4n) is 2.65. The maximum absolute atomic E-state index is 4.05. The highest BCUT2D eigenvalue weighted by Gasteiger charge is 2.18. The first-order valence-electron chi connectivity index (χ1n) is 6.72. The largest absolute Gasteiger partial charge is 0.0990 e. The van der Waals surface area contributed by atoms with Crippen LogP contribution in [0.5, 0.6) is 0 Å². The zero-order valence-electron chi connectivity index (χ0n) is 12.1. The third-order valence-electron chi connectivity index (χ3n) is 3.63. The second-order valence-electron chi connectivity index (χ2n) is 4.99. The molecule has 0 saturated heterocycles. The van der Waals surface area contributed by atoms with Crippen LogP contribution in [0.2, 0.25) is 0 Å². The molecule has 0 spiro atoms. The van der Waals surface area contributed by atoms with E-state index in [4.69, 9.17) is 0 Å². The molecular weight excluding hydrogens is 240 g/mol. The Hall–Kier alpha value is -2.34. The molecule has 0 heterocycles. The van der Waals surface area contributed by atoms with E-state index in [0.29, 0.717) is 0 Å². The van der Waals surface area contributed by atoms with E-state index in [2.05, 4.69) is 44.5 Å². The van der Waals surface area contributed by atoms with Crippen LogP contribution >= 0.6 is 0 Å². The molecule has 0 N–H and O–H groups in total. The molecule has 2 rings (SSSR count). The quantitative estimate of drug-likeness (QED) is 0.612. The summed E-state index contributed by atoms with van der Waals surface area (Å²) in [6.45, 7) is 17.7. The SMILES string of the molecule is C=C/C=C(\C(=C)C)c1ccc2c(c1)C(C=C)=C(C=C)C2. The molecule has 0 saturated carbocycles. The van der Waals surface area contributed by atoms with Crippen molar-refractivity contribution < 1.29 is 0 Å². The Labute approximate surface area is 121 Å². The lowest BCUT2D eigenvalue weighted by molar-refractivity contribution is 1.25. The first-order valence-corrected chi connectivity index (χ1v) is 6.72. The van der Waals surface area contributed by atoms with E-state index in [1.54, 1.807) is 6.08 Å². The van der Waals surface area contributed by atoms with E-state index in [1.165, 1.54) is 27.8 Å². The molecule has 1 aliphatic carbocycles. The molecule has 0 heteroatoms. The van der Waals surface area contributed by atoms with Crippen molar-refractivity contribution >= 4 is 11.1 Å². The van der Waals surface area contributed by atoms with E-state index >= 15 is 0 Å². The average molecular weight is 260 g/mol. The smallest absolute Gasteiger partial charge is 0.00137 e. The van der Waals surface area contributed by atoms with Gasteiger partial charge in [0.25, 0.3) is 0 Å². The van der Waals surface area contributed by atoms with Crippen LogP contribution in [-0.4, -0.2) is 0 Å². The Balaban J connectivity index is 2.58. The third-order valence-corrected chi connectivity index (χ3v) is 3.63. The maximum Gasteiger partial charge on any atom is -0.00137 e. The van der Waals surface area contributed by atoms with E-state index in [1.807, 2.05) is 25.2 Å². The topological polar surface area (TPSA) is 0 Å². The Bertz CT molecular complexity index is 663. The van der Waals surface area contributed by atoms with Gasteiger partial charge in [0.05, 0.1) is 0 Å². The van der Waals surface area contributed by atoms with Gasteiger partial charge in [-0.05, 0) is 52.8 Å². The molecule has 100 valence electrons. The maximum atomic E-state index is 4.05. The summed E-state index contributed by atoms with van der Waals surface area (Å²) in [7, 11) is 0. The van der Waals surface area contributed by atoms with E-state index in [-0.39, 0.29) is 0 Å². The molecule has 0 bridgehead atoms. The van der Waals surface area contributed by atoms with Crippen LogP contribution in [0.4, 0.5) is 0 Å². The fraction of sp³-hybridized carbons (Fsp3) is 0.100. The average Bonchev–Trinajstić information content (AvgIpc) is 2.80. The third kappa shape index (κ3) is 2.37. The van der Waals surface area contributed by atoms with Crippen molar-refractivity contribution in [2.45, 2.75) is 13.3 Å². The summed E-state index contributed by atoms with van der Waals surface area (Å²) in [6.07, 6.45) is 8.59. The van der Waals surface area contributed by atoms with Crippen LogP contribution in [0.25, 0.3) is 11.1 Å². The van der Waals surface area contributed by atoms with Crippen molar-refractivity contribution in [1.82, 2.24) is 0 Å². The van der Waals surface area contributed by atoms with Crippen LogP contribution in [0.1, 0.15) is 23.6 Å². The molecule has 0 aliphatic heterocycles. The van der Waals surface area contributed by atoms with Crippen molar-refractivity contribution in [3.63, 3.8) is 0 Å². The van der Waals surface area contributed by atoms with Gasteiger partial charge in [-0.15, -0.1) is 0 Å². The summed E-state index contributed by atoms with van der Waals surface area (Å²) < 4.78 is 0. The van der Waals surface area contributed by atoms with Gasteiger partial charge in [0, 0.05) is 0 Å². The lowest BCUT2D eigenvalue weighted by Gasteiger charge is -2.10. The van der Waals surface area contributed by atoms with Gasteiger partial charge in [0.15, 0.2) is 0 Å². The molecule has 0 aromatic heterocycles. The molecule has 0 unspecified atom stereocenters. The molecule has 0 nitrogen and oxygen atoms in total. The Morgan fingerprint density at radius 2 is 1.90 bits per heavy atom. The Morgan fingerprint density at radius 3 is 2.45 bits per heavy atom. The van der Waals surface area contributed by atoms with E-state index in [9.17, 15) is 0 Å². The molecule has 1 aliphatic rings. The minimum Gasteiger partial charge on any atom is -0.0990 e. The molecular formula is C20H20. The first-order chi connectivity index (χ1) is 9.62. The van der Waals surface area contributed by atoms with Crippen molar-refractivity contribution in [2.75, 3.05) is 0 Å². The van der Waals surface area contributed by atoms with E-state index < -0.39 is 0 Å². The van der Waals surface area contributed by atoms with Crippen LogP contribution < -0.4 is 0 Å². The van der Waals surface area contributed by atoms with Gasteiger partial charge < -0.3 is 0 Å². The highest BCUT2D eigenvalue weighted by atomic mass is 14.2. The van der Waals surface area contributed by atoms with Gasteiger partial charge in [0.2, 0.25) is 0 Å². The van der Waals surface area contributed by atoms with Gasteiger partial charge in [-0.2, -0.15) is 0 Å². The molecule has 0 amide bonds. The minimum atomic E-state index is 0.939. The normalized spacial score (nSPS) is 13.9. The number of benzene rings is 1. The molecule has 1 aromatic rings. The van der Waals surface area contributed by atoms with Crippen LogP contribution in [0, 0.1) is 0 Å². The summed E-state index contributed by atoms with van der Waals surface area (Å²) in [5.41, 5.74) is 8.35. The van der Waals surface area contributed by atoms with E-state index in [0.717, 1.165) is 17.6 Å². The molecule has 20 heavy (non-hydrogen) atoms. The highest BCUT2D eigenvalue weighted by molar-refractivity contribution is 5.87. The molecule has 0 atom stereocenters. The lowest BCUT2D eigenvalue weighted by atomic mass is 9.94. The van der Waals surface area contributed by atoms with Gasteiger partial charge >= 0.3 is 0 Å². The summed E-state index contributed by atoms with van der Waals surface area (Å²) in [5, 5.41) is 0. The second-order valence-corrected chi connectivity index (χ2v) is 4.99. The number of fused-ring (bicyclic) bond motifs is 1. The summed E-state index contributed by atoms with van der Waals surface area (Å²) >= 11 is 0. The van der Waals surface area contributed by atoms with Crippen molar-refractivity contribution in [2.24, 2.45) is 0 Å². The van der Waals surface area contributed by atoms with Crippen LogP contribution in [-0.2, 0) is 6.42 Å². The predicted octanol–water partition coefficient (Wildman–Crippen LogP) is 5.51. The van der Waals surface area contributed by atoms with Crippen molar-refractivity contribution in [1.29, 1.82) is 0 Å². The van der Waals surface area contributed by atoms with Crippen LogP contribution in [0.3, 0.4) is 0 Å². The van der Waals surface area contributed by atoms with Gasteiger partial charge in [-0.25, -0.2) is 0 Å². The predicted molar refractivity (Wildman–Crippen MR) is 90.4 cm³/mol. The number of allylic oxidation sites excluding steroid dienone is 8. The fourth-order valence-corrected chi connectivity index (χ4v) is 2.65. The van der Waals surface area contributed by atoms with Gasteiger partial charge in [-0.3, -0.25) is 0 Å². The monoisotopic (exact) mass is 260 g/mol. The number of rotatable bonds is 5. The minimum absolute atomic E-state index is 0.939. The highest BCUT2D eigenvalue weighted by Crippen LogP contribution is 2.36. The zero-order valence-corrected chi connectivity index (χ0v) is 12.1. The summed E-state index contributed by atoms with van der Waals surface area (Å²) in [6, 6.07) is 6.55. The molecule has 0 fully saturated rings. The lowest BCUT2D eigenvalue weighted by Crippen LogP contribution is -1.90. The molecule has 0 radical (unpaired) electrons. The number of hydrogen-bond donors (Lipinski definition) is 0. The zero-order chi connectivity index (χ0) is 14.7. The second kappa shape index (κ2) is 5.75. The van der Waals surface area contributed by atoms with Crippen molar-refractivity contribution in [3.8, 4) is 0 Å².